The number of esters is 1. The van der Waals surface area contributed by atoms with E-state index in [0.717, 1.165) is 4.90 Å². The molecule has 2 aliphatic heterocycles. The van der Waals surface area contributed by atoms with E-state index in [1.54, 1.807) is 24.3 Å². The zero-order valence-corrected chi connectivity index (χ0v) is 15.7. The average molecular weight is 412 g/mol. The van der Waals surface area contributed by atoms with Crippen LogP contribution in [-0.4, -0.2) is 40.9 Å². The number of rotatable bonds is 6. The lowest BCUT2D eigenvalue weighted by atomic mass is 10.1. The first kappa shape index (κ1) is 19.5. The predicted molar refractivity (Wildman–Crippen MR) is 99.6 cm³/mol. The van der Waals surface area contributed by atoms with Crippen LogP contribution in [0.25, 0.3) is 0 Å². The fraction of sp³-hybridized carbons (Fsp3) is 0.250. The minimum Gasteiger partial charge on any atom is -0.467 e. The molecule has 0 aliphatic carbocycles. The second kappa shape index (κ2) is 7.91. The third-order valence-corrected chi connectivity index (χ3v) is 4.79. The normalized spacial score (nSPS) is 14.7. The van der Waals surface area contributed by atoms with Crippen LogP contribution in [0.1, 0.15) is 38.3 Å². The SMILES string of the molecule is O=C(CCN1C(=O)c2ccccc2C1=O)OCc1cc([N+](=O)[O-])cc2c1OCOC2. The van der Waals surface area contributed by atoms with Gasteiger partial charge in [0.25, 0.3) is 17.5 Å². The van der Waals surface area contributed by atoms with Gasteiger partial charge in [-0.2, -0.15) is 0 Å². The lowest BCUT2D eigenvalue weighted by Crippen LogP contribution is -2.32. The Labute approximate surface area is 170 Å². The summed E-state index contributed by atoms with van der Waals surface area (Å²) >= 11 is 0. The van der Waals surface area contributed by atoms with Crippen LogP contribution in [0.4, 0.5) is 5.69 Å². The van der Waals surface area contributed by atoms with Crippen molar-refractivity contribution in [2.45, 2.75) is 19.6 Å². The van der Waals surface area contributed by atoms with Crippen molar-refractivity contribution in [3.8, 4) is 5.75 Å². The maximum atomic E-state index is 12.3. The van der Waals surface area contributed by atoms with Gasteiger partial charge in [0.15, 0.2) is 6.79 Å². The van der Waals surface area contributed by atoms with E-state index in [-0.39, 0.29) is 38.7 Å². The van der Waals surface area contributed by atoms with Gasteiger partial charge >= 0.3 is 5.97 Å². The van der Waals surface area contributed by atoms with Gasteiger partial charge in [-0.05, 0) is 12.1 Å². The first-order valence-corrected chi connectivity index (χ1v) is 9.07. The molecule has 0 aromatic heterocycles. The molecule has 0 radical (unpaired) electrons. The summed E-state index contributed by atoms with van der Waals surface area (Å²) in [6, 6.07) is 9.07. The highest BCUT2D eigenvalue weighted by Gasteiger charge is 2.35. The maximum absolute atomic E-state index is 12.3. The van der Waals surface area contributed by atoms with Crippen LogP contribution in [-0.2, 0) is 27.5 Å². The third kappa shape index (κ3) is 3.60. The van der Waals surface area contributed by atoms with E-state index < -0.39 is 22.7 Å². The molecule has 0 saturated carbocycles. The van der Waals surface area contributed by atoms with Gasteiger partial charge in [0.05, 0.1) is 29.1 Å². The number of nitrogens with zero attached hydrogens (tertiary/aromatic N) is 2. The maximum Gasteiger partial charge on any atom is 0.307 e. The van der Waals surface area contributed by atoms with Gasteiger partial charge in [-0.25, -0.2) is 0 Å². The Kier molecular flexibility index (Phi) is 5.15. The first-order chi connectivity index (χ1) is 14.5. The van der Waals surface area contributed by atoms with Crippen molar-refractivity contribution < 1.29 is 33.5 Å². The molecular formula is C20H16N2O8. The predicted octanol–water partition coefficient (Wildman–Crippen LogP) is 2.19. The number of carbonyl (C=O) groups is 3. The van der Waals surface area contributed by atoms with Crippen LogP contribution in [0.3, 0.4) is 0 Å². The molecule has 2 aromatic carbocycles. The summed E-state index contributed by atoms with van der Waals surface area (Å²) in [5.74, 6) is -1.17. The molecule has 30 heavy (non-hydrogen) atoms. The highest BCUT2D eigenvalue weighted by molar-refractivity contribution is 6.21. The van der Waals surface area contributed by atoms with Crippen LogP contribution in [0.5, 0.6) is 5.75 Å². The molecule has 2 amide bonds. The van der Waals surface area contributed by atoms with Crippen LogP contribution in [0.15, 0.2) is 36.4 Å². The van der Waals surface area contributed by atoms with E-state index >= 15 is 0 Å². The van der Waals surface area contributed by atoms with E-state index in [0.29, 0.717) is 28.0 Å². The van der Waals surface area contributed by atoms with Gasteiger partial charge in [-0.1, -0.05) is 12.1 Å². The largest absolute Gasteiger partial charge is 0.467 e. The van der Waals surface area contributed by atoms with Gasteiger partial charge < -0.3 is 14.2 Å². The molecule has 10 nitrogen and oxygen atoms in total. The molecule has 4 rings (SSSR count). The Morgan fingerprint density at radius 1 is 1.17 bits per heavy atom. The second-order valence-corrected chi connectivity index (χ2v) is 6.68. The van der Waals surface area contributed by atoms with Crippen LogP contribution < -0.4 is 4.74 Å². The Morgan fingerprint density at radius 2 is 1.87 bits per heavy atom. The number of ether oxygens (including phenoxy) is 3. The monoisotopic (exact) mass is 412 g/mol. The average Bonchev–Trinajstić information content (AvgIpc) is 3.00. The van der Waals surface area contributed by atoms with Crippen molar-refractivity contribution in [2.75, 3.05) is 13.3 Å². The summed E-state index contributed by atoms with van der Waals surface area (Å²) in [5.41, 5.74) is 1.28. The lowest BCUT2D eigenvalue weighted by molar-refractivity contribution is -0.385. The van der Waals surface area contributed by atoms with Crippen molar-refractivity contribution in [1.29, 1.82) is 0 Å². The minimum atomic E-state index is -0.654. The molecule has 0 N–H and O–H groups in total. The minimum absolute atomic E-state index is 0.00843. The van der Waals surface area contributed by atoms with E-state index in [2.05, 4.69) is 0 Å². The number of nitro groups is 1. The quantitative estimate of drug-likeness (QED) is 0.306. The number of imide groups is 1. The Balaban J connectivity index is 1.39. The molecular weight excluding hydrogens is 396 g/mol. The molecule has 0 saturated heterocycles. The Morgan fingerprint density at radius 3 is 2.53 bits per heavy atom. The Bertz CT molecular complexity index is 1030. The Hall–Kier alpha value is -3.79. The number of non-ortho nitro benzene ring substituents is 1. The third-order valence-electron chi connectivity index (χ3n) is 4.79. The topological polar surface area (TPSA) is 125 Å². The summed E-state index contributed by atoms with van der Waals surface area (Å²) in [6.45, 7) is -0.225. The van der Waals surface area contributed by atoms with Crippen LogP contribution in [0, 0.1) is 10.1 Å². The van der Waals surface area contributed by atoms with E-state index in [1.807, 2.05) is 0 Å². The molecule has 10 heteroatoms. The molecule has 2 heterocycles. The standard InChI is InChI=1S/C20H16N2O8/c23-17(5-6-21-19(24)15-3-1-2-4-16(15)20(21)25)29-10-13-8-14(22(26)27)7-12-9-28-11-30-18(12)13/h1-4,7-8H,5-6,9-11H2. The number of nitro benzene ring substituents is 1. The van der Waals surface area contributed by atoms with Crippen LogP contribution >= 0.6 is 0 Å². The molecule has 0 fully saturated rings. The van der Waals surface area contributed by atoms with Crippen molar-refractivity contribution in [3.05, 3.63) is 68.8 Å². The van der Waals surface area contributed by atoms with Crippen molar-refractivity contribution in [1.82, 2.24) is 4.90 Å². The summed E-state index contributed by atoms with van der Waals surface area (Å²) in [5, 5.41) is 11.1. The number of amides is 2. The van der Waals surface area contributed by atoms with E-state index in [9.17, 15) is 24.5 Å². The van der Waals surface area contributed by atoms with Gasteiger partial charge in [0.2, 0.25) is 0 Å². The van der Waals surface area contributed by atoms with Crippen molar-refractivity contribution >= 4 is 23.5 Å². The van der Waals surface area contributed by atoms with Gasteiger partial charge in [0.1, 0.15) is 12.4 Å². The highest BCUT2D eigenvalue weighted by atomic mass is 16.7. The van der Waals surface area contributed by atoms with Gasteiger partial charge in [-0.15, -0.1) is 0 Å². The lowest BCUT2D eigenvalue weighted by Gasteiger charge is -2.20. The van der Waals surface area contributed by atoms with Gasteiger partial charge in [0, 0.05) is 29.8 Å². The molecule has 2 aromatic rings. The molecule has 0 spiro atoms. The molecule has 2 aliphatic rings. The summed E-state index contributed by atoms with van der Waals surface area (Å²) in [4.78, 5) is 48.4. The summed E-state index contributed by atoms with van der Waals surface area (Å²) in [6.07, 6.45) is -0.202. The van der Waals surface area contributed by atoms with Crippen LogP contribution in [0.2, 0.25) is 0 Å². The number of carbonyl (C=O) groups excluding carboxylic acids is 3. The molecule has 0 bridgehead atoms. The summed E-state index contributed by atoms with van der Waals surface area (Å²) in [7, 11) is 0. The number of hydrogen-bond donors (Lipinski definition) is 0. The zero-order chi connectivity index (χ0) is 21.3. The number of hydrogen-bond acceptors (Lipinski definition) is 8. The molecule has 0 unspecified atom stereocenters. The number of benzene rings is 2. The smallest absolute Gasteiger partial charge is 0.307 e. The summed E-state index contributed by atoms with van der Waals surface area (Å²) < 4.78 is 15.7. The molecule has 0 atom stereocenters. The van der Waals surface area contributed by atoms with Crippen molar-refractivity contribution in [3.63, 3.8) is 0 Å². The molecule has 154 valence electrons. The second-order valence-electron chi connectivity index (χ2n) is 6.68. The van der Waals surface area contributed by atoms with Gasteiger partial charge in [-0.3, -0.25) is 29.4 Å². The van der Waals surface area contributed by atoms with E-state index in [4.69, 9.17) is 14.2 Å². The van der Waals surface area contributed by atoms with E-state index in [1.165, 1.54) is 12.1 Å². The fourth-order valence-electron chi connectivity index (χ4n) is 3.37. The fourth-order valence-corrected chi connectivity index (χ4v) is 3.37. The zero-order valence-electron chi connectivity index (χ0n) is 15.7. The highest BCUT2D eigenvalue weighted by Crippen LogP contribution is 2.33. The number of fused-ring (bicyclic) bond motifs is 2. The first-order valence-electron chi connectivity index (χ1n) is 9.07. The van der Waals surface area contributed by atoms with Crippen molar-refractivity contribution in [2.24, 2.45) is 0 Å².